The van der Waals surface area contributed by atoms with Crippen molar-refractivity contribution in [3.05, 3.63) is 89.9 Å². The zero-order chi connectivity index (χ0) is 22.9. The van der Waals surface area contributed by atoms with Crippen molar-refractivity contribution in [3.8, 4) is 5.75 Å². The highest BCUT2D eigenvalue weighted by atomic mass is 32.1. The number of anilines is 1. The second-order valence-corrected chi connectivity index (χ2v) is 8.13. The molecule has 0 radical (unpaired) electrons. The molecule has 0 aliphatic heterocycles. The molecule has 8 nitrogen and oxygen atoms in total. The van der Waals surface area contributed by atoms with E-state index in [-0.39, 0.29) is 5.91 Å². The Kier molecular flexibility index (Phi) is 7.65. The molecule has 3 aromatic heterocycles. The summed E-state index contributed by atoms with van der Waals surface area (Å²) in [6, 6.07) is 15.4. The van der Waals surface area contributed by atoms with E-state index in [1.807, 2.05) is 53.4 Å². The van der Waals surface area contributed by atoms with Gasteiger partial charge in [0.15, 0.2) is 0 Å². The standard InChI is InChI=1S/C24H25N5O3S/c1-31-20-5-2-4-19(14-20)15-22-27-24(33-28-22)29(17-21-6-3-13-32-21)12-9-23(30)26-16-18-7-10-25-11-8-18/h2-8,10-11,13-14H,9,12,15-17H2,1H3,(H,26,30). The third-order valence-electron chi connectivity index (χ3n) is 5.00. The molecule has 33 heavy (non-hydrogen) atoms. The average Bonchev–Trinajstić information content (AvgIpc) is 3.53. The maximum atomic E-state index is 12.4. The van der Waals surface area contributed by atoms with E-state index in [0.717, 1.165) is 33.6 Å². The Hall–Kier alpha value is -3.72. The zero-order valence-corrected chi connectivity index (χ0v) is 19.1. The van der Waals surface area contributed by atoms with Gasteiger partial charge in [-0.3, -0.25) is 9.78 Å². The van der Waals surface area contributed by atoms with E-state index < -0.39 is 0 Å². The van der Waals surface area contributed by atoms with Crippen LogP contribution in [-0.4, -0.2) is 33.9 Å². The molecule has 0 unspecified atom stereocenters. The zero-order valence-electron chi connectivity index (χ0n) is 18.3. The normalized spacial score (nSPS) is 10.7. The van der Waals surface area contributed by atoms with Crippen LogP contribution < -0.4 is 15.0 Å². The van der Waals surface area contributed by atoms with Crippen molar-refractivity contribution < 1.29 is 13.9 Å². The first-order valence-electron chi connectivity index (χ1n) is 10.6. The van der Waals surface area contributed by atoms with Gasteiger partial charge in [-0.05, 0) is 47.5 Å². The Morgan fingerprint density at radius 2 is 2.03 bits per heavy atom. The second-order valence-electron chi connectivity index (χ2n) is 7.40. The van der Waals surface area contributed by atoms with Crippen molar-refractivity contribution >= 4 is 22.6 Å². The van der Waals surface area contributed by atoms with Gasteiger partial charge in [-0.2, -0.15) is 4.37 Å². The van der Waals surface area contributed by atoms with Crippen LogP contribution in [0.3, 0.4) is 0 Å². The predicted molar refractivity (Wildman–Crippen MR) is 126 cm³/mol. The monoisotopic (exact) mass is 463 g/mol. The van der Waals surface area contributed by atoms with E-state index in [0.29, 0.717) is 32.5 Å². The van der Waals surface area contributed by atoms with E-state index >= 15 is 0 Å². The maximum absolute atomic E-state index is 12.4. The number of rotatable bonds is 11. The summed E-state index contributed by atoms with van der Waals surface area (Å²) < 4.78 is 15.4. The van der Waals surface area contributed by atoms with E-state index in [2.05, 4.69) is 14.7 Å². The second kappa shape index (κ2) is 11.2. The minimum absolute atomic E-state index is 0.0302. The van der Waals surface area contributed by atoms with Gasteiger partial charge in [-0.15, -0.1) is 0 Å². The van der Waals surface area contributed by atoms with Gasteiger partial charge in [0.2, 0.25) is 11.0 Å². The summed E-state index contributed by atoms with van der Waals surface area (Å²) in [5, 5.41) is 3.71. The first-order chi connectivity index (χ1) is 16.2. The lowest BCUT2D eigenvalue weighted by atomic mass is 10.1. The number of hydrogen-bond acceptors (Lipinski definition) is 8. The van der Waals surface area contributed by atoms with Crippen LogP contribution >= 0.6 is 11.5 Å². The third-order valence-corrected chi connectivity index (χ3v) is 5.81. The third kappa shape index (κ3) is 6.63. The Bertz CT molecular complexity index is 1150. The summed E-state index contributed by atoms with van der Waals surface area (Å²) >= 11 is 1.32. The molecule has 4 aromatic rings. The van der Waals surface area contributed by atoms with Crippen LogP contribution in [0.4, 0.5) is 5.13 Å². The van der Waals surface area contributed by atoms with E-state index in [1.165, 1.54) is 11.5 Å². The molecule has 1 aromatic carbocycles. The smallest absolute Gasteiger partial charge is 0.222 e. The van der Waals surface area contributed by atoms with Crippen molar-refractivity contribution in [2.45, 2.75) is 25.9 Å². The lowest BCUT2D eigenvalue weighted by Crippen LogP contribution is -2.30. The van der Waals surface area contributed by atoms with Crippen LogP contribution in [0.1, 0.15) is 29.1 Å². The molecule has 1 N–H and O–H groups in total. The van der Waals surface area contributed by atoms with Crippen molar-refractivity contribution in [1.82, 2.24) is 19.7 Å². The minimum Gasteiger partial charge on any atom is -0.497 e. The predicted octanol–water partition coefficient (Wildman–Crippen LogP) is 3.84. The van der Waals surface area contributed by atoms with Crippen molar-refractivity contribution in [3.63, 3.8) is 0 Å². The molecular weight excluding hydrogens is 438 g/mol. The molecule has 0 saturated heterocycles. The topological polar surface area (TPSA) is 93.4 Å². The van der Waals surface area contributed by atoms with Crippen molar-refractivity contribution in [1.29, 1.82) is 0 Å². The first-order valence-corrected chi connectivity index (χ1v) is 11.4. The Balaban J connectivity index is 1.39. The highest BCUT2D eigenvalue weighted by Gasteiger charge is 2.16. The quantitative estimate of drug-likeness (QED) is 0.361. The number of nitrogens with zero attached hydrogens (tertiary/aromatic N) is 4. The number of furan rings is 1. The Labute approximate surface area is 196 Å². The largest absolute Gasteiger partial charge is 0.497 e. The van der Waals surface area contributed by atoms with Crippen LogP contribution in [0.25, 0.3) is 0 Å². The maximum Gasteiger partial charge on any atom is 0.222 e. The highest BCUT2D eigenvalue weighted by Crippen LogP contribution is 2.23. The van der Waals surface area contributed by atoms with Gasteiger partial charge in [-0.25, -0.2) is 4.98 Å². The number of benzene rings is 1. The number of ether oxygens (including phenoxy) is 1. The molecule has 0 spiro atoms. The van der Waals surface area contributed by atoms with E-state index in [4.69, 9.17) is 14.1 Å². The minimum atomic E-state index is -0.0302. The summed E-state index contributed by atoms with van der Waals surface area (Å²) in [5.41, 5.74) is 2.09. The lowest BCUT2D eigenvalue weighted by Gasteiger charge is -2.20. The van der Waals surface area contributed by atoms with E-state index in [9.17, 15) is 4.79 Å². The van der Waals surface area contributed by atoms with Gasteiger partial charge in [-0.1, -0.05) is 12.1 Å². The van der Waals surface area contributed by atoms with Gasteiger partial charge in [0.1, 0.15) is 17.3 Å². The van der Waals surface area contributed by atoms with Crippen LogP contribution in [0.2, 0.25) is 0 Å². The summed E-state index contributed by atoms with van der Waals surface area (Å²) in [6.07, 6.45) is 6.00. The molecule has 0 fully saturated rings. The number of carbonyl (C=O) groups excluding carboxylic acids is 1. The molecule has 0 saturated carbocycles. The molecule has 0 aliphatic rings. The molecule has 3 heterocycles. The fourth-order valence-electron chi connectivity index (χ4n) is 3.27. The number of aromatic nitrogens is 3. The van der Waals surface area contributed by atoms with Crippen LogP contribution in [0, 0.1) is 0 Å². The van der Waals surface area contributed by atoms with Gasteiger partial charge < -0.3 is 19.4 Å². The van der Waals surface area contributed by atoms with Crippen LogP contribution in [0.15, 0.2) is 71.6 Å². The summed E-state index contributed by atoms with van der Waals surface area (Å²) in [5.74, 6) is 2.31. The van der Waals surface area contributed by atoms with E-state index in [1.54, 1.807) is 25.8 Å². The van der Waals surface area contributed by atoms with Crippen molar-refractivity contribution in [2.75, 3.05) is 18.6 Å². The molecule has 4 rings (SSSR count). The van der Waals surface area contributed by atoms with Gasteiger partial charge >= 0.3 is 0 Å². The fourth-order valence-corrected chi connectivity index (χ4v) is 3.98. The van der Waals surface area contributed by atoms with Crippen molar-refractivity contribution in [2.24, 2.45) is 0 Å². The number of pyridine rings is 1. The number of hydrogen-bond donors (Lipinski definition) is 1. The highest BCUT2D eigenvalue weighted by molar-refractivity contribution is 7.09. The molecule has 9 heteroatoms. The molecule has 170 valence electrons. The molecule has 1 amide bonds. The summed E-state index contributed by atoms with van der Waals surface area (Å²) in [4.78, 5) is 23.2. The first kappa shape index (κ1) is 22.5. The van der Waals surface area contributed by atoms with Crippen LogP contribution in [-0.2, 0) is 24.3 Å². The van der Waals surface area contributed by atoms with Gasteiger partial charge in [0, 0.05) is 49.9 Å². The lowest BCUT2D eigenvalue weighted by molar-refractivity contribution is -0.121. The Morgan fingerprint density at radius 1 is 1.15 bits per heavy atom. The molecule has 0 bridgehead atoms. The average molecular weight is 464 g/mol. The molecule has 0 atom stereocenters. The molecule has 0 aliphatic carbocycles. The molecular formula is C24H25N5O3S. The number of nitrogens with one attached hydrogen (secondary N) is 1. The van der Waals surface area contributed by atoms with Crippen LogP contribution in [0.5, 0.6) is 5.75 Å². The number of methoxy groups -OCH3 is 1. The summed E-state index contributed by atoms with van der Waals surface area (Å²) in [7, 11) is 1.65. The van der Waals surface area contributed by atoms with Gasteiger partial charge in [0.05, 0.1) is 19.9 Å². The number of amides is 1. The van der Waals surface area contributed by atoms with Gasteiger partial charge in [0.25, 0.3) is 0 Å². The Morgan fingerprint density at radius 3 is 2.82 bits per heavy atom. The fraction of sp³-hybridized carbons (Fsp3) is 0.250. The number of carbonyl (C=O) groups is 1. The SMILES string of the molecule is COc1cccc(Cc2nsc(N(CCC(=O)NCc3ccncc3)Cc3ccco3)n2)c1. The summed E-state index contributed by atoms with van der Waals surface area (Å²) in [6.45, 7) is 1.48.